The number of nitro groups is 1. The molecule has 5 rings (SSSR count). The molecule has 0 N–H and O–H groups in total. The van der Waals surface area contributed by atoms with Crippen LogP contribution >= 0.6 is 0 Å². The van der Waals surface area contributed by atoms with Gasteiger partial charge in [-0.25, -0.2) is 4.98 Å². The number of fused-ring (bicyclic) bond motifs is 3. The normalized spacial score (nSPS) is 11.3. The Bertz CT molecular complexity index is 1250. The zero-order valence-corrected chi connectivity index (χ0v) is 14.2. The van der Waals surface area contributed by atoms with Crippen molar-refractivity contribution >= 4 is 27.5 Å². The van der Waals surface area contributed by atoms with Crippen LogP contribution < -0.4 is 0 Å². The van der Waals surface area contributed by atoms with Gasteiger partial charge in [0.2, 0.25) is 0 Å². The maximum Gasteiger partial charge on any atom is 0.295 e. The Balaban J connectivity index is 1.86. The highest BCUT2D eigenvalue weighted by Crippen LogP contribution is 2.35. The molecule has 0 aliphatic carbocycles. The maximum atomic E-state index is 11.9. The molecule has 5 aromatic rings. The topological polar surface area (TPSA) is 65.9 Å². The molecule has 3 aromatic carbocycles. The number of nitro benzene ring substituents is 1. The predicted octanol–water partition coefficient (Wildman–Crippen LogP) is 4.88. The van der Waals surface area contributed by atoms with E-state index in [2.05, 4.69) is 4.98 Å². The molecular weight excluding hydrogens is 340 g/mol. The first kappa shape index (κ1) is 15.3. The maximum absolute atomic E-state index is 11.9. The average molecular weight is 354 g/mol. The van der Waals surface area contributed by atoms with Gasteiger partial charge in [-0.2, -0.15) is 0 Å². The molecule has 0 saturated carbocycles. The number of benzene rings is 3. The van der Waals surface area contributed by atoms with Crippen molar-refractivity contribution in [3.8, 4) is 11.4 Å². The van der Waals surface area contributed by atoms with Gasteiger partial charge in [0, 0.05) is 29.2 Å². The summed E-state index contributed by atoms with van der Waals surface area (Å²) < 4.78 is 3.71. The molecule has 0 atom stereocenters. The highest BCUT2D eigenvalue weighted by molar-refractivity contribution is 6.09. The van der Waals surface area contributed by atoms with Crippen molar-refractivity contribution in [3.05, 3.63) is 95.6 Å². The number of imidazole rings is 1. The van der Waals surface area contributed by atoms with Crippen molar-refractivity contribution in [3.63, 3.8) is 0 Å². The average Bonchev–Trinajstić information content (AvgIpc) is 3.34. The lowest BCUT2D eigenvalue weighted by molar-refractivity contribution is -0.384. The van der Waals surface area contributed by atoms with Crippen molar-refractivity contribution < 1.29 is 4.92 Å². The fraction of sp³-hybridized carbons (Fsp3) is 0. The smallest absolute Gasteiger partial charge is 0.295 e. The number of para-hydroxylation sites is 2. The minimum atomic E-state index is -0.334. The van der Waals surface area contributed by atoms with Gasteiger partial charge >= 0.3 is 0 Å². The molecule has 0 radical (unpaired) electrons. The molecule has 0 saturated heterocycles. The van der Waals surface area contributed by atoms with E-state index < -0.39 is 0 Å². The number of hydrogen-bond acceptors (Lipinski definition) is 3. The van der Waals surface area contributed by atoms with Crippen LogP contribution in [-0.4, -0.2) is 19.0 Å². The van der Waals surface area contributed by atoms with Gasteiger partial charge in [-0.1, -0.05) is 36.4 Å². The Morgan fingerprint density at radius 1 is 0.889 bits per heavy atom. The largest absolute Gasteiger partial charge is 0.306 e. The Labute approximate surface area is 154 Å². The van der Waals surface area contributed by atoms with E-state index in [1.54, 1.807) is 35.4 Å². The molecule has 0 amide bonds. The number of nitrogens with zero attached hydrogens (tertiary/aromatic N) is 4. The summed E-state index contributed by atoms with van der Waals surface area (Å²) >= 11 is 0. The first-order valence-corrected chi connectivity index (χ1v) is 8.49. The van der Waals surface area contributed by atoms with Crippen molar-refractivity contribution in [1.82, 2.24) is 14.1 Å². The van der Waals surface area contributed by atoms with E-state index in [4.69, 9.17) is 0 Å². The lowest BCUT2D eigenvalue weighted by Gasteiger charge is -2.10. The van der Waals surface area contributed by atoms with E-state index in [9.17, 15) is 10.1 Å². The first-order chi connectivity index (χ1) is 13.2. The SMILES string of the molecule is O=[N+]([O-])c1cc(-n2ccnc2)ccc1-n1c2ccccc2c2ccccc21. The molecule has 130 valence electrons. The van der Waals surface area contributed by atoms with Crippen LogP contribution in [0.1, 0.15) is 0 Å². The third kappa shape index (κ3) is 2.31. The van der Waals surface area contributed by atoms with E-state index in [1.807, 2.05) is 59.2 Å². The van der Waals surface area contributed by atoms with Crippen molar-refractivity contribution in [2.24, 2.45) is 0 Å². The Morgan fingerprint density at radius 3 is 2.15 bits per heavy atom. The van der Waals surface area contributed by atoms with Gasteiger partial charge in [-0.05, 0) is 24.3 Å². The van der Waals surface area contributed by atoms with Gasteiger partial charge < -0.3 is 9.13 Å². The minimum absolute atomic E-state index is 0.0488. The number of rotatable bonds is 3. The summed E-state index contributed by atoms with van der Waals surface area (Å²) in [5.74, 6) is 0. The van der Waals surface area contributed by atoms with Crippen molar-refractivity contribution in [2.45, 2.75) is 0 Å². The molecule has 0 aliphatic heterocycles. The summed E-state index contributed by atoms with van der Waals surface area (Å²) in [6.45, 7) is 0. The van der Waals surface area contributed by atoms with Crippen LogP contribution in [-0.2, 0) is 0 Å². The van der Waals surface area contributed by atoms with Gasteiger partial charge in [0.15, 0.2) is 0 Å². The second-order valence-corrected chi connectivity index (χ2v) is 6.27. The monoisotopic (exact) mass is 354 g/mol. The van der Waals surface area contributed by atoms with Crippen LogP contribution in [0.4, 0.5) is 5.69 Å². The molecule has 0 bridgehead atoms. The van der Waals surface area contributed by atoms with Crippen molar-refractivity contribution in [2.75, 3.05) is 0 Å². The quantitative estimate of drug-likeness (QED) is 0.343. The van der Waals surface area contributed by atoms with Gasteiger partial charge in [-0.15, -0.1) is 0 Å². The molecule has 6 nitrogen and oxygen atoms in total. The summed E-state index contributed by atoms with van der Waals surface area (Å²) in [7, 11) is 0. The summed E-state index contributed by atoms with van der Waals surface area (Å²) in [6, 6.07) is 21.2. The van der Waals surface area contributed by atoms with E-state index in [1.165, 1.54) is 0 Å². The molecular formula is C21H14N4O2. The van der Waals surface area contributed by atoms with Crippen LogP contribution in [0.25, 0.3) is 33.2 Å². The molecule has 2 heterocycles. The third-order valence-electron chi connectivity index (χ3n) is 4.78. The van der Waals surface area contributed by atoms with Crippen LogP contribution in [0.5, 0.6) is 0 Å². The highest BCUT2D eigenvalue weighted by Gasteiger charge is 2.21. The zero-order chi connectivity index (χ0) is 18.4. The fourth-order valence-electron chi connectivity index (χ4n) is 3.60. The van der Waals surface area contributed by atoms with Gasteiger partial charge in [0.25, 0.3) is 5.69 Å². The Kier molecular flexibility index (Phi) is 3.30. The second-order valence-electron chi connectivity index (χ2n) is 6.27. The molecule has 2 aromatic heterocycles. The number of hydrogen-bond donors (Lipinski definition) is 0. The van der Waals surface area contributed by atoms with E-state index in [-0.39, 0.29) is 10.6 Å². The van der Waals surface area contributed by atoms with Gasteiger partial charge in [0.05, 0.1) is 28.0 Å². The summed E-state index contributed by atoms with van der Waals surface area (Å²) in [5.41, 5.74) is 3.17. The predicted molar refractivity (Wildman–Crippen MR) is 105 cm³/mol. The van der Waals surface area contributed by atoms with Gasteiger partial charge in [0.1, 0.15) is 5.69 Å². The molecule has 0 spiro atoms. The number of aromatic nitrogens is 3. The highest BCUT2D eigenvalue weighted by atomic mass is 16.6. The van der Waals surface area contributed by atoms with Crippen LogP contribution in [0, 0.1) is 10.1 Å². The van der Waals surface area contributed by atoms with Crippen LogP contribution in [0.2, 0.25) is 0 Å². The molecule has 0 fully saturated rings. The Morgan fingerprint density at radius 2 is 1.56 bits per heavy atom. The standard InChI is InChI=1S/C21H14N4O2/c26-25(27)21-13-15(23-12-11-22-14-23)9-10-20(21)24-18-7-3-1-5-16(18)17-6-2-4-8-19(17)24/h1-14H. The van der Waals surface area contributed by atoms with E-state index in [0.717, 1.165) is 21.8 Å². The lowest BCUT2D eigenvalue weighted by atomic mass is 10.2. The molecule has 27 heavy (non-hydrogen) atoms. The van der Waals surface area contributed by atoms with Crippen LogP contribution in [0.3, 0.4) is 0 Å². The zero-order valence-electron chi connectivity index (χ0n) is 14.2. The summed E-state index contributed by atoms with van der Waals surface area (Å²) in [6.07, 6.45) is 5.03. The third-order valence-corrected chi connectivity index (χ3v) is 4.78. The second kappa shape index (κ2) is 5.81. The lowest BCUT2D eigenvalue weighted by Crippen LogP contribution is -2.02. The molecule has 0 aliphatic rings. The van der Waals surface area contributed by atoms with E-state index >= 15 is 0 Å². The summed E-state index contributed by atoms with van der Waals surface area (Å²) in [5, 5.41) is 14.0. The van der Waals surface area contributed by atoms with E-state index in [0.29, 0.717) is 11.4 Å². The first-order valence-electron chi connectivity index (χ1n) is 8.49. The van der Waals surface area contributed by atoms with Gasteiger partial charge in [-0.3, -0.25) is 10.1 Å². The molecule has 0 unspecified atom stereocenters. The fourth-order valence-corrected chi connectivity index (χ4v) is 3.60. The van der Waals surface area contributed by atoms with Crippen molar-refractivity contribution in [1.29, 1.82) is 0 Å². The summed E-state index contributed by atoms with van der Waals surface area (Å²) in [4.78, 5) is 15.6. The molecule has 6 heteroatoms. The van der Waals surface area contributed by atoms with Crippen LogP contribution in [0.15, 0.2) is 85.5 Å². The minimum Gasteiger partial charge on any atom is -0.306 e. The Hall–Kier alpha value is -3.93.